The molecule has 0 radical (unpaired) electrons. The van der Waals surface area contributed by atoms with Gasteiger partial charge in [0.15, 0.2) is 0 Å². The van der Waals surface area contributed by atoms with Gasteiger partial charge in [0.2, 0.25) is 5.91 Å². The molecule has 0 N–H and O–H groups in total. The lowest BCUT2D eigenvalue weighted by Crippen LogP contribution is -2.34. The maximum absolute atomic E-state index is 11.5. The molecule has 3 nitrogen and oxygen atoms in total. The van der Waals surface area contributed by atoms with Crippen molar-refractivity contribution in [3.8, 4) is 0 Å². The van der Waals surface area contributed by atoms with Gasteiger partial charge in [-0.15, -0.1) is 0 Å². The van der Waals surface area contributed by atoms with Gasteiger partial charge in [-0.25, -0.2) is 0 Å². The normalized spacial score (nSPS) is 19.4. The Morgan fingerprint density at radius 3 is 2.44 bits per heavy atom. The van der Waals surface area contributed by atoms with Crippen LogP contribution in [0.1, 0.15) is 52.4 Å². The van der Waals surface area contributed by atoms with E-state index in [4.69, 9.17) is 0 Å². The fourth-order valence-electron chi connectivity index (χ4n) is 2.41. The Bertz CT molecular complexity index is 218. The van der Waals surface area contributed by atoms with Crippen LogP contribution in [0.3, 0.4) is 0 Å². The molecule has 0 aromatic carbocycles. The summed E-state index contributed by atoms with van der Waals surface area (Å²) in [5, 5.41) is 0. The summed E-state index contributed by atoms with van der Waals surface area (Å²) in [6.45, 7) is 5.93. The first-order valence-corrected chi connectivity index (χ1v) is 6.67. The fourth-order valence-corrected chi connectivity index (χ4v) is 2.41. The molecule has 0 aromatic heterocycles. The molecule has 0 saturated carbocycles. The maximum atomic E-state index is 11.5. The van der Waals surface area contributed by atoms with Crippen molar-refractivity contribution in [2.75, 3.05) is 20.3 Å². The zero-order valence-corrected chi connectivity index (χ0v) is 11.0. The molecule has 1 heterocycles. The van der Waals surface area contributed by atoms with Gasteiger partial charge in [-0.05, 0) is 12.8 Å². The second-order valence-corrected chi connectivity index (χ2v) is 4.92. The molecule has 1 rings (SSSR count). The van der Waals surface area contributed by atoms with Gasteiger partial charge in [0.05, 0.1) is 13.2 Å². The lowest BCUT2D eigenvalue weighted by molar-refractivity contribution is -0.125. The smallest absolute Gasteiger partial charge is 0.237 e. The third-order valence-corrected chi connectivity index (χ3v) is 3.44. The molecule has 3 heteroatoms. The zero-order chi connectivity index (χ0) is 12.0. The molecular weight excluding hydrogens is 200 g/mol. The summed E-state index contributed by atoms with van der Waals surface area (Å²) in [6.07, 6.45) is 7.59. The first-order valence-electron chi connectivity index (χ1n) is 6.67. The number of nitrogens with zero attached hydrogens (tertiary/aromatic N) is 2. The summed E-state index contributed by atoms with van der Waals surface area (Å²) in [4.78, 5) is 15.7. The second kappa shape index (κ2) is 6.89. The van der Waals surface area contributed by atoms with Gasteiger partial charge < -0.3 is 4.90 Å². The van der Waals surface area contributed by atoms with Crippen LogP contribution in [0.15, 0.2) is 0 Å². The first kappa shape index (κ1) is 13.5. The molecule has 1 unspecified atom stereocenters. The quantitative estimate of drug-likeness (QED) is 0.623. The van der Waals surface area contributed by atoms with Gasteiger partial charge in [-0.1, -0.05) is 39.5 Å². The van der Waals surface area contributed by atoms with E-state index in [9.17, 15) is 4.79 Å². The molecule has 1 aliphatic heterocycles. The Hall–Kier alpha value is -0.570. The van der Waals surface area contributed by atoms with Crippen LogP contribution in [0.4, 0.5) is 0 Å². The molecule has 1 atom stereocenters. The summed E-state index contributed by atoms with van der Waals surface area (Å²) < 4.78 is 0. The maximum Gasteiger partial charge on any atom is 0.237 e. The number of hydrogen-bond acceptors (Lipinski definition) is 2. The summed E-state index contributed by atoms with van der Waals surface area (Å²) >= 11 is 0. The van der Waals surface area contributed by atoms with E-state index >= 15 is 0 Å². The third-order valence-electron chi connectivity index (χ3n) is 3.44. The van der Waals surface area contributed by atoms with E-state index in [1.807, 2.05) is 11.9 Å². The Balaban J connectivity index is 2.40. The molecule has 16 heavy (non-hydrogen) atoms. The van der Waals surface area contributed by atoms with E-state index in [1.54, 1.807) is 0 Å². The van der Waals surface area contributed by atoms with Crippen molar-refractivity contribution in [3.05, 3.63) is 0 Å². The molecule has 1 amide bonds. The van der Waals surface area contributed by atoms with Crippen LogP contribution in [0.5, 0.6) is 0 Å². The topological polar surface area (TPSA) is 23.6 Å². The van der Waals surface area contributed by atoms with Crippen LogP contribution < -0.4 is 0 Å². The molecule has 1 saturated heterocycles. The Labute approximate surface area is 99.8 Å². The molecular formula is C13H26N2O. The molecule has 0 aromatic rings. The van der Waals surface area contributed by atoms with Crippen molar-refractivity contribution < 1.29 is 4.79 Å². The molecule has 1 aliphatic rings. The molecule has 94 valence electrons. The van der Waals surface area contributed by atoms with E-state index in [-0.39, 0.29) is 5.91 Å². The molecule has 1 fully saturated rings. The molecule has 0 aliphatic carbocycles. The minimum Gasteiger partial charge on any atom is -0.332 e. The van der Waals surface area contributed by atoms with E-state index in [0.717, 1.165) is 6.67 Å². The number of hydrogen-bond donors (Lipinski definition) is 0. The van der Waals surface area contributed by atoms with E-state index < -0.39 is 0 Å². The summed E-state index contributed by atoms with van der Waals surface area (Å²) in [5.74, 6) is 0.275. The number of carbonyl (C=O) groups excluding carboxylic acids is 1. The van der Waals surface area contributed by atoms with E-state index in [0.29, 0.717) is 12.6 Å². The van der Waals surface area contributed by atoms with Gasteiger partial charge >= 0.3 is 0 Å². The number of unbranched alkanes of at least 4 members (excludes halogenated alkanes) is 2. The van der Waals surface area contributed by atoms with Crippen LogP contribution in [0.25, 0.3) is 0 Å². The van der Waals surface area contributed by atoms with Crippen molar-refractivity contribution in [2.24, 2.45) is 0 Å². The lowest BCUT2D eigenvalue weighted by Gasteiger charge is -2.26. The summed E-state index contributed by atoms with van der Waals surface area (Å²) in [7, 11) is 1.90. The average molecular weight is 226 g/mol. The van der Waals surface area contributed by atoms with Gasteiger partial charge in [0.25, 0.3) is 0 Å². The largest absolute Gasteiger partial charge is 0.332 e. The minimum atomic E-state index is 0.275. The van der Waals surface area contributed by atoms with Crippen molar-refractivity contribution in [2.45, 2.75) is 58.4 Å². The van der Waals surface area contributed by atoms with Crippen LogP contribution in [-0.2, 0) is 4.79 Å². The lowest BCUT2D eigenvalue weighted by atomic mass is 10.0. The molecule has 0 spiro atoms. The fraction of sp³-hybridized carbons (Fsp3) is 0.923. The van der Waals surface area contributed by atoms with Crippen LogP contribution in [0, 0.1) is 0 Å². The zero-order valence-electron chi connectivity index (χ0n) is 11.0. The Kier molecular flexibility index (Phi) is 5.81. The Morgan fingerprint density at radius 1 is 1.19 bits per heavy atom. The van der Waals surface area contributed by atoms with E-state index in [2.05, 4.69) is 18.7 Å². The second-order valence-electron chi connectivity index (χ2n) is 4.92. The van der Waals surface area contributed by atoms with Crippen molar-refractivity contribution in [3.63, 3.8) is 0 Å². The first-order chi connectivity index (χ1) is 7.69. The van der Waals surface area contributed by atoms with Crippen LogP contribution >= 0.6 is 0 Å². The predicted octanol–water partition coefficient (Wildman–Crippen LogP) is 2.47. The number of carbonyl (C=O) groups is 1. The monoisotopic (exact) mass is 226 g/mol. The van der Waals surface area contributed by atoms with Crippen LogP contribution in [-0.4, -0.2) is 42.0 Å². The SMILES string of the molecule is CCCCCC(CCC)N1CC(=O)N(C)C1. The van der Waals surface area contributed by atoms with Gasteiger partial charge in [0, 0.05) is 13.1 Å². The van der Waals surface area contributed by atoms with Gasteiger partial charge in [-0.2, -0.15) is 0 Å². The third kappa shape index (κ3) is 3.78. The van der Waals surface area contributed by atoms with Crippen molar-refractivity contribution >= 4 is 5.91 Å². The van der Waals surface area contributed by atoms with Gasteiger partial charge in [0.1, 0.15) is 0 Å². The minimum absolute atomic E-state index is 0.275. The number of rotatable bonds is 7. The van der Waals surface area contributed by atoms with Crippen molar-refractivity contribution in [1.29, 1.82) is 0 Å². The highest BCUT2D eigenvalue weighted by atomic mass is 16.2. The highest BCUT2D eigenvalue weighted by Gasteiger charge is 2.29. The predicted molar refractivity (Wildman–Crippen MR) is 67.2 cm³/mol. The Morgan fingerprint density at radius 2 is 1.94 bits per heavy atom. The van der Waals surface area contributed by atoms with E-state index in [1.165, 1.54) is 38.5 Å². The van der Waals surface area contributed by atoms with Gasteiger partial charge in [-0.3, -0.25) is 9.69 Å². The number of likely N-dealkylation sites (N-methyl/N-ethyl adjacent to an activating group) is 1. The van der Waals surface area contributed by atoms with Crippen molar-refractivity contribution in [1.82, 2.24) is 9.80 Å². The molecule has 0 bridgehead atoms. The number of amides is 1. The summed E-state index contributed by atoms with van der Waals surface area (Å²) in [6, 6.07) is 0.616. The average Bonchev–Trinajstić information content (AvgIpc) is 2.58. The highest BCUT2D eigenvalue weighted by molar-refractivity contribution is 5.79. The standard InChI is InChI=1S/C13H26N2O/c1-4-6-7-9-12(8-5-2)15-10-13(16)14(3)11-15/h12H,4-11H2,1-3H3. The van der Waals surface area contributed by atoms with Crippen LogP contribution in [0.2, 0.25) is 0 Å². The highest BCUT2D eigenvalue weighted by Crippen LogP contribution is 2.18. The summed E-state index contributed by atoms with van der Waals surface area (Å²) in [5.41, 5.74) is 0.